The third kappa shape index (κ3) is 6.14. The van der Waals surface area contributed by atoms with Crippen molar-refractivity contribution in [3.8, 4) is 0 Å². The lowest BCUT2D eigenvalue weighted by atomic mass is 10.0. The van der Waals surface area contributed by atoms with Crippen LogP contribution in [-0.4, -0.2) is 27.0 Å². The number of amides is 1. The predicted molar refractivity (Wildman–Crippen MR) is 116 cm³/mol. The van der Waals surface area contributed by atoms with Gasteiger partial charge in [-0.15, -0.1) is 5.10 Å². The first kappa shape index (κ1) is 21.5. The monoisotopic (exact) mass is 408 g/mol. The van der Waals surface area contributed by atoms with Crippen LogP contribution in [-0.2, 0) is 4.79 Å². The number of benzene rings is 2. The number of anilines is 1. The molecular formula is C23H28N4O3. The number of hydrogen-bond donors (Lipinski definition) is 1. The van der Waals surface area contributed by atoms with Crippen molar-refractivity contribution in [2.75, 3.05) is 5.32 Å². The average molecular weight is 409 g/mol. The Hall–Kier alpha value is -3.22. The minimum absolute atomic E-state index is 0.0109. The maximum absolute atomic E-state index is 12.4. The fraction of sp³-hybridized carbons (Fsp3) is 0.391. The van der Waals surface area contributed by atoms with Gasteiger partial charge in [0.05, 0.1) is 5.56 Å². The van der Waals surface area contributed by atoms with Crippen LogP contribution in [0.5, 0.6) is 0 Å². The van der Waals surface area contributed by atoms with Crippen molar-refractivity contribution in [2.24, 2.45) is 5.92 Å². The van der Waals surface area contributed by atoms with Crippen molar-refractivity contribution in [1.29, 1.82) is 0 Å². The molecule has 0 aliphatic rings. The summed E-state index contributed by atoms with van der Waals surface area (Å²) in [6, 6.07) is 13.8. The van der Waals surface area contributed by atoms with Crippen molar-refractivity contribution in [3.63, 3.8) is 0 Å². The SMILES string of the molecule is CC(C)CCCCCCC(=O)Nc1ccc(C(=O)On2nnc3ccccc32)cc1. The molecule has 0 atom stereocenters. The molecule has 30 heavy (non-hydrogen) atoms. The largest absolute Gasteiger partial charge is 0.365 e. The highest BCUT2D eigenvalue weighted by molar-refractivity contribution is 5.93. The zero-order valence-electron chi connectivity index (χ0n) is 17.5. The van der Waals surface area contributed by atoms with E-state index in [-0.39, 0.29) is 5.91 Å². The van der Waals surface area contributed by atoms with Crippen LogP contribution < -0.4 is 10.2 Å². The Morgan fingerprint density at radius 2 is 1.73 bits per heavy atom. The summed E-state index contributed by atoms with van der Waals surface area (Å²) in [5.41, 5.74) is 2.27. The van der Waals surface area contributed by atoms with Crippen LogP contribution in [0, 0.1) is 5.92 Å². The van der Waals surface area contributed by atoms with Gasteiger partial charge in [0.2, 0.25) is 5.91 Å². The first-order valence-corrected chi connectivity index (χ1v) is 10.5. The van der Waals surface area contributed by atoms with Crippen LogP contribution in [0.2, 0.25) is 0 Å². The van der Waals surface area contributed by atoms with Crippen LogP contribution in [0.25, 0.3) is 11.0 Å². The molecule has 2 aromatic carbocycles. The quantitative estimate of drug-likeness (QED) is 0.390. The molecule has 1 N–H and O–H groups in total. The van der Waals surface area contributed by atoms with Gasteiger partial charge in [0, 0.05) is 12.1 Å². The molecule has 0 unspecified atom stereocenters. The number of carbonyl (C=O) groups excluding carboxylic acids is 2. The number of hydrogen-bond acceptors (Lipinski definition) is 5. The van der Waals surface area contributed by atoms with E-state index in [2.05, 4.69) is 29.5 Å². The third-order valence-electron chi connectivity index (χ3n) is 4.83. The van der Waals surface area contributed by atoms with E-state index in [1.165, 1.54) is 19.3 Å². The van der Waals surface area contributed by atoms with Crippen LogP contribution in [0.15, 0.2) is 48.5 Å². The fourth-order valence-corrected chi connectivity index (χ4v) is 3.15. The van der Waals surface area contributed by atoms with Crippen molar-refractivity contribution < 1.29 is 14.4 Å². The molecule has 7 nitrogen and oxygen atoms in total. The molecule has 0 fully saturated rings. The molecule has 0 saturated carbocycles. The number of nitrogens with zero attached hydrogens (tertiary/aromatic N) is 3. The second kappa shape index (κ2) is 10.5. The number of nitrogens with one attached hydrogen (secondary N) is 1. The van der Waals surface area contributed by atoms with E-state index >= 15 is 0 Å². The highest BCUT2D eigenvalue weighted by Gasteiger charge is 2.12. The molecule has 1 heterocycles. The summed E-state index contributed by atoms with van der Waals surface area (Å²) in [6.45, 7) is 4.46. The van der Waals surface area contributed by atoms with Gasteiger partial charge in [-0.05, 0) is 54.0 Å². The van der Waals surface area contributed by atoms with E-state index in [1.807, 2.05) is 12.1 Å². The summed E-state index contributed by atoms with van der Waals surface area (Å²) in [6.07, 6.45) is 6.10. The van der Waals surface area contributed by atoms with Gasteiger partial charge in [0.1, 0.15) is 11.0 Å². The molecule has 3 rings (SSSR count). The average Bonchev–Trinajstić information content (AvgIpc) is 3.14. The molecule has 0 bridgehead atoms. The molecule has 7 heteroatoms. The van der Waals surface area contributed by atoms with E-state index in [0.29, 0.717) is 28.7 Å². The van der Waals surface area contributed by atoms with Crippen LogP contribution in [0.3, 0.4) is 0 Å². The molecule has 0 spiro atoms. The number of aromatic nitrogens is 3. The summed E-state index contributed by atoms with van der Waals surface area (Å²) in [5, 5.41) is 10.7. The maximum Gasteiger partial charge on any atom is 0.365 e. The predicted octanol–water partition coefficient (Wildman–Crippen LogP) is 4.64. The molecule has 0 saturated heterocycles. The first-order valence-electron chi connectivity index (χ1n) is 10.5. The van der Waals surface area contributed by atoms with Crippen molar-refractivity contribution in [1.82, 2.24) is 15.2 Å². The van der Waals surface area contributed by atoms with E-state index in [4.69, 9.17) is 4.84 Å². The highest BCUT2D eigenvalue weighted by Crippen LogP contribution is 2.14. The summed E-state index contributed by atoms with van der Waals surface area (Å²) in [5.74, 6) is 0.178. The Morgan fingerprint density at radius 1 is 1.00 bits per heavy atom. The standard InChI is InChI=1S/C23H28N4O3/c1-17(2)9-5-3-4-6-12-22(28)24-19-15-13-18(14-16-19)23(29)30-27-21-11-8-7-10-20(21)25-26-27/h7-8,10-11,13-17H,3-6,9,12H2,1-2H3,(H,24,28). The minimum atomic E-state index is -0.551. The molecule has 3 aromatic rings. The number of rotatable bonds is 10. The van der Waals surface area contributed by atoms with Gasteiger partial charge in [-0.3, -0.25) is 4.79 Å². The maximum atomic E-state index is 12.4. The number of unbranched alkanes of at least 4 members (excludes halogenated alkanes) is 3. The number of fused-ring (bicyclic) bond motifs is 1. The van der Waals surface area contributed by atoms with Gasteiger partial charge in [-0.2, -0.15) is 0 Å². The summed E-state index contributed by atoms with van der Waals surface area (Å²) >= 11 is 0. The van der Waals surface area contributed by atoms with Crippen molar-refractivity contribution >= 4 is 28.6 Å². The number of para-hydroxylation sites is 1. The molecular weight excluding hydrogens is 380 g/mol. The van der Waals surface area contributed by atoms with E-state index in [0.717, 1.165) is 23.6 Å². The molecule has 1 aromatic heterocycles. The van der Waals surface area contributed by atoms with Gasteiger partial charge in [-0.25, -0.2) is 4.79 Å². The lowest BCUT2D eigenvalue weighted by molar-refractivity contribution is -0.116. The lowest BCUT2D eigenvalue weighted by Crippen LogP contribution is -2.21. The fourth-order valence-electron chi connectivity index (χ4n) is 3.15. The number of carbonyl (C=O) groups is 2. The molecule has 1 amide bonds. The van der Waals surface area contributed by atoms with Gasteiger partial charge in [0.15, 0.2) is 0 Å². The third-order valence-corrected chi connectivity index (χ3v) is 4.83. The molecule has 0 aliphatic carbocycles. The smallest absolute Gasteiger partial charge is 0.326 e. The Balaban J connectivity index is 1.45. The van der Waals surface area contributed by atoms with Crippen molar-refractivity contribution in [3.05, 3.63) is 54.1 Å². The first-order chi connectivity index (χ1) is 14.5. The van der Waals surface area contributed by atoms with E-state index in [1.54, 1.807) is 36.4 Å². The van der Waals surface area contributed by atoms with Crippen LogP contribution in [0.4, 0.5) is 5.69 Å². The second-order valence-electron chi connectivity index (χ2n) is 7.80. The van der Waals surface area contributed by atoms with Gasteiger partial charge < -0.3 is 10.2 Å². The minimum Gasteiger partial charge on any atom is -0.326 e. The second-order valence-corrected chi connectivity index (χ2v) is 7.80. The topological polar surface area (TPSA) is 86.1 Å². The van der Waals surface area contributed by atoms with Gasteiger partial charge in [0.25, 0.3) is 0 Å². The van der Waals surface area contributed by atoms with Gasteiger partial charge in [-0.1, -0.05) is 56.5 Å². The van der Waals surface area contributed by atoms with Crippen molar-refractivity contribution in [2.45, 2.75) is 52.4 Å². The summed E-state index contributed by atoms with van der Waals surface area (Å²) in [7, 11) is 0. The van der Waals surface area contributed by atoms with Crippen LogP contribution >= 0.6 is 0 Å². The molecule has 0 radical (unpaired) electrons. The lowest BCUT2D eigenvalue weighted by Gasteiger charge is -2.07. The molecule has 0 aliphatic heterocycles. The highest BCUT2D eigenvalue weighted by atomic mass is 16.7. The Bertz CT molecular complexity index is 980. The summed E-state index contributed by atoms with van der Waals surface area (Å²) in [4.78, 5) is 30.8. The van der Waals surface area contributed by atoms with Gasteiger partial charge >= 0.3 is 5.97 Å². The van der Waals surface area contributed by atoms with E-state index < -0.39 is 5.97 Å². The Morgan fingerprint density at radius 3 is 2.50 bits per heavy atom. The Labute approximate surface area is 176 Å². The van der Waals surface area contributed by atoms with E-state index in [9.17, 15) is 9.59 Å². The summed E-state index contributed by atoms with van der Waals surface area (Å²) < 4.78 is 0. The normalized spacial score (nSPS) is 11.0. The van der Waals surface area contributed by atoms with Crippen LogP contribution in [0.1, 0.15) is 62.7 Å². The zero-order valence-corrected chi connectivity index (χ0v) is 17.5. The Kier molecular flexibility index (Phi) is 7.54. The zero-order chi connectivity index (χ0) is 21.3. The molecule has 158 valence electrons.